The summed E-state index contributed by atoms with van der Waals surface area (Å²) < 4.78 is 13.5. The van der Waals surface area contributed by atoms with Crippen LogP contribution >= 0.6 is 15.9 Å². The van der Waals surface area contributed by atoms with Crippen molar-refractivity contribution in [3.63, 3.8) is 0 Å². The van der Waals surface area contributed by atoms with Crippen molar-refractivity contribution in [2.75, 3.05) is 0 Å². The minimum Gasteiger partial charge on any atom is -0.455 e. The van der Waals surface area contributed by atoms with Gasteiger partial charge in [0, 0.05) is 37.1 Å². The van der Waals surface area contributed by atoms with Crippen LogP contribution in [-0.2, 0) is 0 Å². The standard InChI is InChI=1S/C48H30O.C30H21BO2.C18H11BrO.CH4/c1-2-13-36-31(11-1)12-9-19-37(36)32-23-27-34(28-24-32)46-40-15-3-5-17-42(40)47(43-18-6-4-16-41(43)46)35-29-25-33(26-30-35)38-20-10-21-44-39-14-7-8-22-45(39)49-48(38)44;32-31(33)30-27-13-5-3-11-25(27)29(26-12-4-6-14-28(26)30)22-18-16-21(17-19-22)24-15-7-9-20-8-1-2-10-23(20)24;19-13-10-8-12(9-11-13)14-5-3-6-16-15-4-1-2-7-17(15)20-18(14)16;/h1-30H;1-19,32-33H;1-11H;1H4. The van der Waals surface area contributed by atoms with Gasteiger partial charge >= 0.3 is 7.12 Å². The van der Waals surface area contributed by atoms with Crippen LogP contribution < -0.4 is 5.46 Å². The molecule has 20 aromatic rings. The molecular formula is C97H66BBrO4. The van der Waals surface area contributed by atoms with Gasteiger partial charge in [0.2, 0.25) is 0 Å². The maximum atomic E-state index is 10.2. The third-order valence-corrected chi connectivity index (χ3v) is 20.7. The zero-order valence-electron chi connectivity index (χ0n) is 55.3. The van der Waals surface area contributed by atoms with Gasteiger partial charge < -0.3 is 18.9 Å². The van der Waals surface area contributed by atoms with Crippen LogP contribution in [0, 0.1) is 0 Å². The Balaban J connectivity index is 0.000000125. The van der Waals surface area contributed by atoms with E-state index in [-0.39, 0.29) is 7.43 Å². The largest absolute Gasteiger partial charge is 0.489 e. The lowest BCUT2D eigenvalue weighted by molar-refractivity contribution is 0.426. The summed E-state index contributed by atoms with van der Waals surface area (Å²) in [5.41, 5.74) is 20.9. The summed E-state index contributed by atoms with van der Waals surface area (Å²) >= 11 is 3.47. The molecule has 6 heteroatoms. The fraction of sp³-hybridized carbons (Fsp3) is 0.0103. The highest BCUT2D eigenvalue weighted by Crippen LogP contribution is 2.46. The highest BCUT2D eigenvalue weighted by Gasteiger charge is 2.24. The molecule has 0 saturated carbocycles. The first kappa shape index (κ1) is 64.0. The van der Waals surface area contributed by atoms with Gasteiger partial charge in [-0.1, -0.05) is 363 Å². The fourth-order valence-electron chi connectivity index (χ4n) is 15.5. The molecule has 0 aliphatic carbocycles. The van der Waals surface area contributed by atoms with Gasteiger partial charge in [-0.25, -0.2) is 0 Å². The molecule has 18 aromatic carbocycles. The van der Waals surface area contributed by atoms with E-state index in [1.165, 1.54) is 98.4 Å². The van der Waals surface area contributed by atoms with E-state index in [0.29, 0.717) is 5.46 Å². The molecule has 0 saturated heterocycles. The molecule has 0 fully saturated rings. The summed E-state index contributed by atoms with van der Waals surface area (Å²) in [6, 6.07) is 128. The molecule has 0 aliphatic rings. The Labute approximate surface area is 605 Å². The summed E-state index contributed by atoms with van der Waals surface area (Å²) in [4.78, 5) is 0. The van der Waals surface area contributed by atoms with E-state index in [9.17, 15) is 10.0 Å². The second-order valence-electron chi connectivity index (χ2n) is 25.9. The molecule has 0 aliphatic heterocycles. The zero-order chi connectivity index (χ0) is 68.2. The van der Waals surface area contributed by atoms with Gasteiger partial charge in [-0.3, -0.25) is 0 Å². The van der Waals surface area contributed by atoms with Crippen LogP contribution in [0.3, 0.4) is 0 Å². The van der Waals surface area contributed by atoms with Crippen LogP contribution in [0.25, 0.3) is 186 Å². The van der Waals surface area contributed by atoms with Crippen molar-refractivity contribution in [1.82, 2.24) is 0 Å². The molecule has 0 spiro atoms. The minimum atomic E-state index is -1.54. The molecule has 0 bridgehead atoms. The van der Waals surface area contributed by atoms with Gasteiger partial charge in [-0.2, -0.15) is 0 Å². The molecule has 2 aromatic heterocycles. The lowest BCUT2D eigenvalue weighted by atomic mass is 9.72. The molecule has 0 atom stereocenters. The fourth-order valence-corrected chi connectivity index (χ4v) is 15.7. The highest BCUT2D eigenvalue weighted by molar-refractivity contribution is 9.10. The SMILES string of the molecule is Brc1ccc(-c2cccc3c2oc2ccccc23)cc1.C.OB(O)c1c2ccccc2c(-c2ccc(-c3cccc4ccccc34)cc2)c2ccccc12.c1ccc2c(-c3ccc(-c4c5ccccc5c(-c5ccc(-c6cccc7c6oc6ccccc67)cc5)c5ccccc45)cc3)cccc2c1. The highest BCUT2D eigenvalue weighted by atomic mass is 79.9. The average Bonchev–Trinajstić information content (AvgIpc) is 1.60. The van der Waals surface area contributed by atoms with Gasteiger partial charge in [-0.15, -0.1) is 0 Å². The molecule has 0 amide bonds. The van der Waals surface area contributed by atoms with E-state index in [1.807, 2.05) is 66.7 Å². The van der Waals surface area contributed by atoms with E-state index < -0.39 is 7.12 Å². The second-order valence-corrected chi connectivity index (χ2v) is 26.9. The predicted octanol–water partition coefficient (Wildman–Crippen LogP) is 26.5. The van der Waals surface area contributed by atoms with Gasteiger partial charge in [0.25, 0.3) is 0 Å². The molecular weight excluding hydrogens is 1320 g/mol. The summed E-state index contributed by atoms with van der Waals surface area (Å²) in [6.07, 6.45) is 0. The Morgan fingerprint density at radius 3 is 0.816 bits per heavy atom. The Morgan fingerprint density at radius 1 is 0.214 bits per heavy atom. The lowest BCUT2D eigenvalue weighted by Crippen LogP contribution is -2.31. The third kappa shape index (κ3) is 11.6. The van der Waals surface area contributed by atoms with Gasteiger partial charge in [0.15, 0.2) is 0 Å². The van der Waals surface area contributed by atoms with E-state index >= 15 is 0 Å². The van der Waals surface area contributed by atoms with E-state index in [4.69, 9.17) is 8.83 Å². The minimum absolute atomic E-state index is 0. The number of halogens is 1. The summed E-state index contributed by atoms with van der Waals surface area (Å²) in [5, 5.41) is 38.8. The van der Waals surface area contributed by atoms with Gasteiger partial charge in [0.1, 0.15) is 22.3 Å². The lowest BCUT2D eigenvalue weighted by Gasteiger charge is -2.18. The topological polar surface area (TPSA) is 66.7 Å². The predicted molar refractivity (Wildman–Crippen MR) is 441 cm³/mol. The van der Waals surface area contributed by atoms with Crippen LogP contribution in [0.4, 0.5) is 0 Å². The first-order valence-electron chi connectivity index (χ1n) is 34.4. The van der Waals surface area contributed by atoms with Crippen LogP contribution in [-0.4, -0.2) is 17.2 Å². The first-order chi connectivity index (χ1) is 50.4. The zero-order valence-corrected chi connectivity index (χ0v) is 56.9. The monoisotopic (exact) mass is 1380 g/mol. The summed E-state index contributed by atoms with van der Waals surface area (Å²) in [7, 11) is -1.54. The summed E-state index contributed by atoms with van der Waals surface area (Å²) in [5.74, 6) is 0. The maximum Gasteiger partial charge on any atom is 0.489 e. The first-order valence-corrected chi connectivity index (χ1v) is 35.2. The molecule has 103 heavy (non-hydrogen) atoms. The molecule has 2 N–H and O–H groups in total. The van der Waals surface area contributed by atoms with Crippen molar-refractivity contribution in [1.29, 1.82) is 0 Å². The number of fused-ring (bicyclic) bond motifs is 12. The Kier molecular flexibility index (Phi) is 16.9. The summed E-state index contributed by atoms with van der Waals surface area (Å²) in [6.45, 7) is 0. The molecule has 488 valence electrons. The normalized spacial score (nSPS) is 11.4. The van der Waals surface area contributed by atoms with Crippen LogP contribution in [0.2, 0.25) is 0 Å². The number of furan rings is 2. The van der Waals surface area contributed by atoms with Crippen molar-refractivity contribution in [2.45, 2.75) is 7.43 Å². The molecule has 4 nitrogen and oxygen atoms in total. The quantitative estimate of drug-likeness (QED) is 0.118. The maximum absolute atomic E-state index is 10.2. The Morgan fingerprint density at radius 2 is 0.456 bits per heavy atom. The molecule has 0 unspecified atom stereocenters. The number of hydrogen-bond acceptors (Lipinski definition) is 4. The van der Waals surface area contributed by atoms with E-state index in [1.54, 1.807) is 0 Å². The number of benzene rings is 18. The van der Waals surface area contributed by atoms with Gasteiger partial charge in [-0.05, 0) is 161 Å². The van der Waals surface area contributed by atoms with Gasteiger partial charge in [0.05, 0.1) is 0 Å². The van der Waals surface area contributed by atoms with Crippen molar-refractivity contribution in [3.05, 3.63) is 368 Å². The van der Waals surface area contributed by atoms with Crippen LogP contribution in [0.15, 0.2) is 377 Å². The smallest absolute Gasteiger partial charge is 0.455 e. The average molecular weight is 1390 g/mol. The Bertz CT molecular complexity index is 6470. The van der Waals surface area contributed by atoms with Crippen molar-refractivity contribution >= 4 is 137 Å². The Hall–Kier alpha value is -12.4. The van der Waals surface area contributed by atoms with Crippen LogP contribution in [0.5, 0.6) is 0 Å². The second kappa shape index (κ2) is 27.3. The van der Waals surface area contributed by atoms with Crippen molar-refractivity contribution in [2.24, 2.45) is 0 Å². The van der Waals surface area contributed by atoms with Crippen molar-refractivity contribution < 1.29 is 18.9 Å². The third-order valence-electron chi connectivity index (χ3n) is 20.2. The number of hydrogen-bond donors (Lipinski definition) is 2. The van der Waals surface area contributed by atoms with Crippen molar-refractivity contribution in [3.8, 4) is 77.9 Å². The van der Waals surface area contributed by atoms with Crippen LogP contribution in [0.1, 0.15) is 7.43 Å². The molecule has 20 rings (SSSR count). The molecule has 0 radical (unpaired) electrons. The van der Waals surface area contributed by atoms with E-state index in [2.05, 4.69) is 313 Å². The van der Waals surface area contributed by atoms with E-state index in [0.717, 1.165) is 92.5 Å². The number of para-hydroxylation sites is 4. The molecule has 2 heterocycles. The number of rotatable bonds is 8.